The van der Waals surface area contributed by atoms with Crippen LogP contribution in [0.1, 0.15) is 0 Å². The van der Waals surface area contributed by atoms with Crippen molar-refractivity contribution in [3.8, 4) is 11.1 Å². The van der Waals surface area contributed by atoms with Gasteiger partial charge in [0, 0.05) is 25.9 Å². The van der Waals surface area contributed by atoms with Crippen molar-refractivity contribution in [3.05, 3.63) is 55.7 Å². The van der Waals surface area contributed by atoms with Crippen molar-refractivity contribution in [2.24, 2.45) is 0 Å². The monoisotopic (exact) mass is 311 g/mol. The number of benzene rings is 1. The first kappa shape index (κ1) is 15.0. The number of aromatic amines is 1. The highest BCUT2D eigenvalue weighted by molar-refractivity contribution is 6.33. The van der Waals surface area contributed by atoms with Crippen LogP contribution in [0.3, 0.4) is 0 Å². The van der Waals surface area contributed by atoms with Crippen LogP contribution >= 0.6 is 11.6 Å². The van der Waals surface area contributed by atoms with Crippen molar-refractivity contribution in [2.75, 3.05) is 19.0 Å². The molecular formula is C13H11ClFN3O3. The van der Waals surface area contributed by atoms with E-state index in [9.17, 15) is 19.3 Å². The van der Waals surface area contributed by atoms with E-state index in [4.69, 9.17) is 11.6 Å². The predicted octanol–water partition coefficient (Wildman–Crippen LogP) is 2.81. The predicted molar refractivity (Wildman–Crippen MR) is 78.4 cm³/mol. The van der Waals surface area contributed by atoms with Crippen LogP contribution < -0.4 is 10.5 Å². The molecule has 1 N–H and O–H groups in total. The van der Waals surface area contributed by atoms with E-state index in [2.05, 4.69) is 4.98 Å². The Hall–Kier alpha value is -2.41. The molecular weight excluding hydrogens is 301 g/mol. The van der Waals surface area contributed by atoms with Crippen molar-refractivity contribution in [3.63, 3.8) is 0 Å². The molecule has 1 aromatic heterocycles. The second-order valence-corrected chi connectivity index (χ2v) is 4.91. The third-order valence-electron chi connectivity index (χ3n) is 2.93. The number of nitro groups is 1. The SMILES string of the molecule is CN(C)c1cc(Cl)c(-c2cc[nH]c(=O)c2[N+](=O)[O-])cc1F. The van der Waals surface area contributed by atoms with E-state index in [1.54, 1.807) is 14.1 Å². The Morgan fingerprint density at radius 3 is 2.57 bits per heavy atom. The number of nitrogens with one attached hydrogen (secondary N) is 1. The van der Waals surface area contributed by atoms with Gasteiger partial charge < -0.3 is 9.88 Å². The van der Waals surface area contributed by atoms with Crippen LogP contribution in [-0.4, -0.2) is 24.0 Å². The average Bonchev–Trinajstić information content (AvgIpc) is 2.39. The van der Waals surface area contributed by atoms with Gasteiger partial charge in [-0.25, -0.2) is 4.39 Å². The lowest BCUT2D eigenvalue weighted by atomic mass is 10.0. The Bertz CT molecular complexity index is 774. The van der Waals surface area contributed by atoms with Crippen molar-refractivity contribution >= 4 is 23.0 Å². The Morgan fingerprint density at radius 1 is 1.33 bits per heavy atom. The van der Waals surface area contributed by atoms with E-state index in [0.717, 1.165) is 6.07 Å². The highest BCUT2D eigenvalue weighted by atomic mass is 35.5. The molecule has 110 valence electrons. The van der Waals surface area contributed by atoms with Crippen LogP contribution in [0.15, 0.2) is 29.2 Å². The first-order valence-electron chi connectivity index (χ1n) is 5.85. The summed E-state index contributed by atoms with van der Waals surface area (Å²) >= 11 is 6.08. The summed E-state index contributed by atoms with van der Waals surface area (Å²) in [5, 5.41) is 11.1. The van der Waals surface area contributed by atoms with Gasteiger partial charge in [-0.3, -0.25) is 14.9 Å². The zero-order chi connectivity index (χ0) is 15.7. The highest BCUT2D eigenvalue weighted by Crippen LogP contribution is 2.36. The van der Waals surface area contributed by atoms with Gasteiger partial charge in [0.15, 0.2) is 0 Å². The molecule has 0 saturated carbocycles. The van der Waals surface area contributed by atoms with Crippen molar-refractivity contribution in [1.29, 1.82) is 0 Å². The van der Waals surface area contributed by atoms with Crippen LogP contribution in [0.4, 0.5) is 15.8 Å². The number of hydrogen-bond donors (Lipinski definition) is 1. The molecule has 0 aliphatic heterocycles. The fourth-order valence-corrected chi connectivity index (χ4v) is 2.21. The van der Waals surface area contributed by atoms with E-state index in [0.29, 0.717) is 0 Å². The summed E-state index contributed by atoms with van der Waals surface area (Å²) in [5.74, 6) is -0.589. The molecule has 8 heteroatoms. The molecule has 0 unspecified atom stereocenters. The number of halogens is 2. The van der Waals surface area contributed by atoms with E-state index in [1.807, 2.05) is 0 Å². The van der Waals surface area contributed by atoms with Gasteiger partial charge in [-0.1, -0.05) is 11.6 Å². The largest absolute Gasteiger partial charge is 0.375 e. The van der Waals surface area contributed by atoms with Gasteiger partial charge in [0.1, 0.15) is 5.82 Å². The molecule has 0 bridgehead atoms. The van der Waals surface area contributed by atoms with Crippen molar-refractivity contribution < 1.29 is 9.31 Å². The van der Waals surface area contributed by atoms with Gasteiger partial charge in [0.2, 0.25) is 0 Å². The molecule has 0 fully saturated rings. The molecule has 1 heterocycles. The molecule has 2 rings (SSSR count). The van der Waals surface area contributed by atoms with Gasteiger partial charge in [-0.15, -0.1) is 0 Å². The van der Waals surface area contributed by atoms with Gasteiger partial charge in [0.05, 0.1) is 21.2 Å². The molecule has 2 aromatic rings. The third-order valence-corrected chi connectivity index (χ3v) is 3.24. The summed E-state index contributed by atoms with van der Waals surface area (Å²) in [5.41, 5.74) is -1.23. The van der Waals surface area contributed by atoms with Gasteiger partial charge in [-0.2, -0.15) is 0 Å². The topological polar surface area (TPSA) is 79.2 Å². The number of aromatic nitrogens is 1. The first-order valence-corrected chi connectivity index (χ1v) is 6.23. The maximum atomic E-state index is 14.0. The Balaban J connectivity index is 2.75. The Labute approximate surface area is 123 Å². The average molecular weight is 312 g/mol. The van der Waals surface area contributed by atoms with Crippen LogP contribution in [0.25, 0.3) is 11.1 Å². The number of H-pyrrole nitrogens is 1. The summed E-state index contributed by atoms with van der Waals surface area (Å²) in [4.78, 5) is 25.5. The standard InChI is InChI=1S/C13H11ClFN3O3/c1-17(2)11-6-9(14)8(5-10(11)15)7-3-4-16-13(19)12(7)18(20)21/h3-6H,1-2H3,(H,16,19). The lowest BCUT2D eigenvalue weighted by Gasteiger charge is -2.15. The van der Waals surface area contributed by atoms with Crippen molar-refractivity contribution in [1.82, 2.24) is 4.98 Å². The molecule has 0 aliphatic carbocycles. The maximum absolute atomic E-state index is 14.0. The van der Waals surface area contributed by atoms with E-state index < -0.39 is 22.0 Å². The summed E-state index contributed by atoms with van der Waals surface area (Å²) in [7, 11) is 3.29. The maximum Gasteiger partial charge on any atom is 0.341 e. The Kier molecular flexibility index (Phi) is 3.95. The molecule has 0 amide bonds. The number of hydrogen-bond acceptors (Lipinski definition) is 4. The zero-order valence-electron chi connectivity index (χ0n) is 11.2. The number of anilines is 1. The minimum Gasteiger partial charge on any atom is -0.375 e. The first-order chi connectivity index (χ1) is 9.82. The zero-order valence-corrected chi connectivity index (χ0v) is 11.9. The lowest BCUT2D eigenvalue weighted by molar-refractivity contribution is -0.385. The quantitative estimate of drug-likeness (QED) is 0.698. The third kappa shape index (κ3) is 2.73. The lowest BCUT2D eigenvalue weighted by Crippen LogP contribution is -2.13. The number of rotatable bonds is 3. The highest BCUT2D eigenvalue weighted by Gasteiger charge is 2.23. The van der Waals surface area contributed by atoms with Crippen molar-refractivity contribution in [2.45, 2.75) is 0 Å². The van der Waals surface area contributed by atoms with E-state index >= 15 is 0 Å². The minimum atomic E-state index is -0.870. The van der Waals surface area contributed by atoms with Crippen LogP contribution in [0.5, 0.6) is 0 Å². The number of nitrogens with zero attached hydrogens (tertiary/aromatic N) is 2. The van der Waals surface area contributed by atoms with Crippen LogP contribution in [-0.2, 0) is 0 Å². The van der Waals surface area contributed by atoms with Crippen LogP contribution in [0.2, 0.25) is 5.02 Å². The Morgan fingerprint density at radius 2 is 2.00 bits per heavy atom. The fraction of sp³-hybridized carbons (Fsp3) is 0.154. The molecule has 21 heavy (non-hydrogen) atoms. The fourth-order valence-electron chi connectivity index (χ4n) is 1.95. The van der Waals surface area contributed by atoms with E-state index in [1.165, 1.54) is 23.2 Å². The minimum absolute atomic E-state index is 0.0297. The molecule has 0 spiro atoms. The summed E-state index contributed by atoms with van der Waals surface area (Å²) in [6.07, 6.45) is 1.25. The molecule has 0 atom stereocenters. The van der Waals surface area contributed by atoms with E-state index in [-0.39, 0.29) is 21.8 Å². The van der Waals surface area contributed by atoms with Gasteiger partial charge in [-0.05, 0) is 18.2 Å². The summed E-state index contributed by atoms with van der Waals surface area (Å²) in [6, 6.07) is 3.76. The molecule has 0 aliphatic rings. The summed E-state index contributed by atoms with van der Waals surface area (Å²) in [6.45, 7) is 0. The number of pyridine rings is 1. The molecule has 0 saturated heterocycles. The molecule has 0 radical (unpaired) electrons. The summed E-state index contributed by atoms with van der Waals surface area (Å²) < 4.78 is 14.0. The normalized spacial score (nSPS) is 10.5. The van der Waals surface area contributed by atoms with Gasteiger partial charge >= 0.3 is 11.2 Å². The van der Waals surface area contributed by atoms with Gasteiger partial charge in [0.25, 0.3) is 0 Å². The molecule has 6 nitrogen and oxygen atoms in total. The second kappa shape index (κ2) is 5.53. The smallest absolute Gasteiger partial charge is 0.341 e. The second-order valence-electron chi connectivity index (χ2n) is 4.50. The van der Waals surface area contributed by atoms with Crippen LogP contribution in [0, 0.1) is 15.9 Å². The molecule has 1 aromatic carbocycles.